The minimum Gasteiger partial charge on any atom is -0.352 e. The molecule has 0 bridgehead atoms. The molecule has 0 aromatic carbocycles. The minimum absolute atomic E-state index is 0. The summed E-state index contributed by atoms with van der Waals surface area (Å²) in [7, 11) is 0. The number of nitrogens with one attached hydrogen (secondary N) is 2. The van der Waals surface area contributed by atoms with Crippen molar-refractivity contribution in [2.45, 2.75) is 63.8 Å². The van der Waals surface area contributed by atoms with Crippen molar-refractivity contribution in [3.63, 3.8) is 0 Å². The van der Waals surface area contributed by atoms with Crippen molar-refractivity contribution >= 4 is 24.2 Å². The number of hydrogen-bond acceptors (Lipinski definition) is 3. The first-order chi connectivity index (χ1) is 10.2. The number of halogens is 1. The molecule has 0 aromatic heterocycles. The van der Waals surface area contributed by atoms with Gasteiger partial charge in [0.1, 0.15) is 0 Å². The normalized spacial score (nSPS) is 25.3. The first kappa shape index (κ1) is 19.2. The molecule has 2 fully saturated rings. The fraction of sp³-hybridized carbons (Fsp3) is 0.875. The molecule has 2 rings (SSSR count). The summed E-state index contributed by atoms with van der Waals surface area (Å²) in [5.74, 6) is 0.835. The van der Waals surface area contributed by atoms with Gasteiger partial charge in [-0.05, 0) is 44.1 Å². The summed E-state index contributed by atoms with van der Waals surface area (Å²) < 4.78 is 0. The molecule has 2 atom stereocenters. The molecule has 0 aromatic rings. The Labute approximate surface area is 139 Å². The topological polar surface area (TPSA) is 84.2 Å². The Balaban J connectivity index is 0.00000242. The van der Waals surface area contributed by atoms with Crippen LogP contribution in [0.25, 0.3) is 0 Å². The van der Waals surface area contributed by atoms with Gasteiger partial charge in [0.2, 0.25) is 11.8 Å². The second kappa shape index (κ2) is 10.1. The lowest BCUT2D eigenvalue weighted by molar-refractivity contribution is -0.127. The summed E-state index contributed by atoms with van der Waals surface area (Å²) in [5, 5.41) is 5.76. The lowest BCUT2D eigenvalue weighted by Gasteiger charge is -2.21. The van der Waals surface area contributed by atoms with E-state index >= 15 is 0 Å². The summed E-state index contributed by atoms with van der Waals surface area (Å²) in [4.78, 5) is 23.8. The third-order valence-corrected chi connectivity index (χ3v) is 4.95. The van der Waals surface area contributed by atoms with Crippen LogP contribution < -0.4 is 16.4 Å². The highest BCUT2D eigenvalue weighted by atomic mass is 35.5. The van der Waals surface area contributed by atoms with Crippen molar-refractivity contribution < 1.29 is 9.59 Å². The fourth-order valence-electron chi connectivity index (χ4n) is 3.67. The molecule has 0 heterocycles. The van der Waals surface area contributed by atoms with Crippen molar-refractivity contribution in [3.05, 3.63) is 0 Å². The van der Waals surface area contributed by atoms with Crippen molar-refractivity contribution in [2.24, 2.45) is 17.6 Å². The van der Waals surface area contributed by atoms with Crippen molar-refractivity contribution in [3.8, 4) is 0 Å². The van der Waals surface area contributed by atoms with Crippen LogP contribution in [0.15, 0.2) is 0 Å². The van der Waals surface area contributed by atoms with E-state index < -0.39 is 0 Å². The predicted octanol–water partition coefficient (Wildman–Crippen LogP) is 1.74. The van der Waals surface area contributed by atoms with Gasteiger partial charge in [-0.2, -0.15) is 0 Å². The molecule has 2 aliphatic carbocycles. The lowest BCUT2D eigenvalue weighted by atomic mass is 9.87. The standard InChI is InChI=1S/C16H29N3O2.ClH/c17-10-13-7-4-8-14(13)19-16(21)11-18-15(20)9-12-5-2-1-3-6-12;/h12-14H,1-11,17H2,(H,18,20)(H,19,21);1H. The minimum atomic E-state index is -0.0858. The highest BCUT2D eigenvalue weighted by Crippen LogP contribution is 2.26. The molecule has 2 saturated carbocycles. The van der Waals surface area contributed by atoms with Gasteiger partial charge in [0.15, 0.2) is 0 Å². The van der Waals surface area contributed by atoms with Gasteiger partial charge in [-0.1, -0.05) is 25.7 Å². The number of nitrogens with two attached hydrogens (primary N) is 1. The van der Waals surface area contributed by atoms with Crippen LogP contribution in [0.3, 0.4) is 0 Å². The molecule has 6 heteroatoms. The fourth-order valence-corrected chi connectivity index (χ4v) is 3.67. The SMILES string of the molecule is Cl.NCC1CCCC1NC(=O)CNC(=O)CC1CCCCC1. The quantitative estimate of drug-likeness (QED) is 0.693. The molecule has 2 aliphatic rings. The van der Waals surface area contributed by atoms with E-state index in [4.69, 9.17) is 5.73 Å². The summed E-state index contributed by atoms with van der Waals surface area (Å²) in [5.41, 5.74) is 5.71. The van der Waals surface area contributed by atoms with Gasteiger partial charge >= 0.3 is 0 Å². The van der Waals surface area contributed by atoms with Crippen molar-refractivity contribution in [1.29, 1.82) is 0 Å². The maximum atomic E-state index is 11.9. The molecule has 0 spiro atoms. The summed E-state index contributed by atoms with van der Waals surface area (Å²) >= 11 is 0. The molecule has 0 saturated heterocycles. The molecule has 2 unspecified atom stereocenters. The first-order valence-electron chi connectivity index (χ1n) is 8.45. The summed E-state index contributed by atoms with van der Waals surface area (Å²) in [6, 6.07) is 0.192. The second-order valence-electron chi connectivity index (χ2n) is 6.59. The molecular weight excluding hydrogens is 302 g/mol. The highest BCUT2D eigenvalue weighted by Gasteiger charge is 2.27. The highest BCUT2D eigenvalue weighted by molar-refractivity contribution is 5.85. The van der Waals surface area contributed by atoms with E-state index in [1.165, 1.54) is 19.3 Å². The molecule has 2 amide bonds. The molecule has 0 radical (unpaired) electrons. The van der Waals surface area contributed by atoms with Crippen LogP contribution in [0.4, 0.5) is 0 Å². The third kappa shape index (κ3) is 6.13. The Morgan fingerprint density at radius 3 is 2.36 bits per heavy atom. The Morgan fingerprint density at radius 1 is 0.955 bits per heavy atom. The Hall–Kier alpha value is -0.810. The van der Waals surface area contributed by atoms with E-state index in [9.17, 15) is 9.59 Å². The van der Waals surface area contributed by atoms with Crippen molar-refractivity contribution in [2.75, 3.05) is 13.1 Å². The second-order valence-corrected chi connectivity index (χ2v) is 6.59. The van der Waals surface area contributed by atoms with E-state index in [0.29, 0.717) is 24.8 Å². The van der Waals surface area contributed by atoms with Crippen LogP contribution in [0.2, 0.25) is 0 Å². The van der Waals surface area contributed by atoms with Gasteiger partial charge in [-0.3, -0.25) is 9.59 Å². The van der Waals surface area contributed by atoms with E-state index in [-0.39, 0.29) is 36.8 Å². The molecule has 5 nitrogen and oxygen atoms in total. The van der Waals surface area contributed by atoms with Crippen LogP contribution in [-0.2, 0) is 9.59 Å². The van der Waals surface area contributed by atoms with Gasteiger partial charge in [-0.25, -0.2) is 0 Å². The van der Waals surface area contributed by atoms with Crippen LogP contribution in [0.1, 0.15) is 57.8 Å². The molecule has 22 heavy (non-hydrogen) atoms. The van der Waals surface area contributed by atoms with Gasteiger partial charge in [0, 0.05) is 12.5 Å². The van der Waals surface area contributed by atoms with E-state index in [0.717, 1.165) is 32.1 Å². The largest absolute Gasteiger partial charge is 0.352 e. The van der Waals surface area contributed by atoms with E-state index in [1.54, 1.807) is 0 Å². The van der Waals surface area contributed by atoms with Gasteiger partial charge < -0.3 is 16.4 Å². The van der Waals surface area contributed by atoms with Crippen LogP contribution in [-0.4, -0.2) is 30.9 Å². The van der Waals surface area contributed by atoms with Gasteiger partial charge in [0.25, 0.3) is 0 Å². The van der Waals surface area contributed by atoms with E-state index in [2.05, 4.69) is 10.6 Å². The van der Waals surface area contributed by atoms with Gasteiger partial charge in [-0.15, -0.1) is 12.4 Å². The number of rotatable bonds is 6. The lowest BCUT2D eigenvalue weighted by Crippen LogP contribution is -2.44. The van der Waals surface area contributed by atoms with Crippen LogP contribution in [0, 0.1) is 11.8 Å². The Morgan fingerprint density at radius 2 is 1.68 bits per heavy atom. The first-order valence-corrected chi connectivity index (χ1v) is 8.45. The summed E-state index contributed by atoms with van der Waals surface area (Å²) in [6.07, 6.45) is 9.87. The average molecular weight is 332 g/mol. The monoisotopic (exact) mass is 331 g/mol. The zero-order chi connectivity index (χ0) is 15.1. The maximum Gasteiger partial charge on any atom is 0.239 e. The maximum absolute atomic E-state index is 11.9. The molecule has 128 valence electrons. The van der Waals surface area contributed by atoms with E-state index in [1.807, 2.05) is 0 Å². The zero-order valence-corrected chi connectivity index (χ0v) is 14.1. The number of hydrogen-bond donors (Lipinski definition) is 3. The number of amides is 2. The number of carbonyl (C=O) groups is 2. The molecular formula is C16H30ClN3O2. The van der Waals surface area contributed by atoms with Crippen LogP contribution in [0.5, 0.6) is 0 Å². The molecule has 4 N–H and O–H groups in total. The summed E-state index contributed by atoms with van der Waals surface area (Å²) in [6.45, 7) is 0.721. The van der Waals surface area contributed by atoms with Crippen molar-refractivity contribution in [1.82, 2.24) is 10.6 Å². The molecule has 0 aliphatic heterocycles. The number of carbonyl (C=O) groups excluding carboxylic acids is 2. The Kier molecular flexibility index (Phi) is 8.79. The Bertz CT molecular complexity index is 359. The van der Waals surface area contributed by atoms with Crippen LogP contribution >= 0.6 is 12.4 Å². The van der Waals surface area contributed by atoms with Gasteiger partial charge in [0.05, 0.1) is 6.54 Å². The third-order valence-electron chi connectivity index (χ3n) is 4.95. The average Bonchev–Trinajstić information content (AvgIpc) is 2.93. The smallest absolute Gasteiger partial charge is 0.239 e. The zero-order valence-electron chi connectivity index (χ0n) is 13.3. The predicted molar refractivity (Wildman–Crippen MR) is 89.8 cm³/mol.